The molecule has 6 nitrogen and oxygen atoms in total. The second-order valence-electron chi connectivity index (χ2n) is 4.98. The van der Waals surface area contributed by atoms with Crippen molar-refractivity contribution in [3.63, 3.8) is 0 Å². The zero-order valence-corrected chi connectivity index (χ0v) is 11.3. The molecular formula is C13H16F2N2O4. The number of carboxylic acids is 1. The van der Waals surface area contributed by atoms with Gasteiger partial charge in [0.25, 0.3) is 5.91 Å². The molecule has 1 unspecified atom stereocenters. The molecule has 0 saturated carbocycles. The van der Waals surface area contributed by atoms with Gasteiger partial charge in [-0.3, -0.25) is 4.79 Å². The molecule has 1 aromatic heterocycles. The molecule has 1 aliphatic rings. The smallest absolute Gasteiger partial charge is 0.326 e. The number of hydrogen-bond acceptors (Lipinski definition) is 4. The van der Waals surface area contributed by atoms with Crippen molar-refractivity contribution in [1.82, 2.24) is 10.5 Å². The van der Waals surface area contributed by atoms with E-state index in [-0.39, 0.29) is 5.69 Å². The Labute approximate surface area is 119 Å². The lowest BCUT2D eigenvalue weighted by Crippen LogP contribution is -2.42. The molecule has 0 aromatic carbocycles. The zero-order chi connectivity index (χ0) is 15.4. The van der Waals surface area contributed by atoms with Crippen molar-refractivity contribution in [3.8, 4) is 0 Å². The third-order valence-electron chi connectivity index (χ3n) is 3.43. The molecule has 0 radical (unpaired) electrons. The summed E-state index contributed by atoms with van der Waals surface area (Å²) in [5, 5.41) is 14.6. The number of hydrogen-bond donors (Lipinski definition) is 2. The minimum absolute atomic E-state index is 0.00687. The number of nitrogens with zero attached hydrogens (tertiary/aromatic N) is 1. The van der Waals surface area contributed by atoms with Gasteiger partial charge in [0.1, 0.15) is 11.8 Å². The van der Waals surface area contributed by atoms with E-state index >= 15 is 0 Å². The van der Waals surface area contributed by atoms with Crippen LogP contribution in [0, 0.1) is 0 Å². The number of alkyl halides is 2. The molecule has 0 bridgehead atoms. The maximum atomic E-state index is 12.3. The Morgan fingerprint density at radius 3 is 2.67 bits per heavy atom. The Morgan fingerprint density at radius 2 is 2.00 bits per heavy atom. The third kappa shape index (κ3) is 3.77. The number of aromatic nitrogens is 1. The van der Waals surface area contributed by atoms with E-state index in [1.807, 2.05) is 0 Å². The molecule has 2 N–H and O–H groups in total. The van der Waals surface area contributed by atoms with E-state index < -0.39 is 30.8 Å². The highest BCUT2D eigenvalue weighted by Crippen LogP contribution is 2.23. The summed E-state index contributed by atoms with van der Waals surface area (Å²) in [7, 11) is 0. The number of amides is 1. The summed E-state index contributed by atoms with van der Waals surface area (Å²) in [5.41, 5.74) is 0.665. The molecule has 21 heavy (non-hydrogen) atoms. The van der Waals surface area contributed by atoms with E-state index in [0.29, 0.717) is 24.2 Å². The lowest BCUT2D eigenvalue weighted by Gasteiger charge is -2.13. The number of nitrogens with one attached hydrogen (secondary N) is 1. The maximum Gasteiger partial charge on any atom is 0.326 e. The van der Waals surface area contributed by atoms with E-state index in [9.17, 15) is 18.4 Å². The Kier molecular flexibility index (Phi) is 4.87. The van der Waals surface area contributed by atoms with E-state index in [0.717, 1.165) is 19.3 Å². The number of fused-ring (bicyclic) bond motifs is 1. The molecular weight excluding hydrogens is 286 g/mol. The Hall–Kier alpha value is -1.99. The fraction of sp³-hybridized carbons (Fsp3) is 0.615. The van der Waals surface area contributed by atoms with Crippen LogP contribution in [0.3, 0.4) is 0 Å². The van der Waals surface area contributed by atoms with Gasteiger partial charge in [-0.25, -0.2) is 13.6 Å². The van der Waals surface area contributed by atoms with Gasteiger partial charge in [0.15, 0.2) is 5.69 Å². The Bertz CT molecular complexity index is 530. The monoisotopic (exact) mass is 302 g/mol. The van der Waals surface area contributed by atoms with E-state index in [1.165, 1.54) is 0 Å². The van der Waals surface area contributed by atoms with Crippen molar-refractivity contribution in [2.75, 3.05) is 0 Å². The zero-order valence-electron chi connectivity index (χ0n) is 11.3. The first kappa shape index (κ1) is 15.4. The van der Waals surface area contributed by atoms with Gasteiger partial charge in [-0.2, -0.15) is 0 Å². The second kappa shape index (κ2) is 6.64. The van der Waals surface area contributed by atoms with Crippen LogP contribution in [0.2, 0.25) is 0 Å². The predicted octanol–water partition coefficient (Wildman–Crippen LogP) is 1.78. The molecule has 1 aliphatic carbocycles. The van der Waals surface area contributed by atoms with Crippen LogP contribution in [-0.2, 0) is 17.6 Å². The normalized spacial score (nSPS) is 16.1. The molecule has 0 spiro atoms. The van der Waals surface area contributed by atoms with Crippen LogP contribution in [0.25, 0.3) is 0 Å². The molecule has 0 fully saturated rings. The van der Waals surface area contributed by atoms with E-state index in [4.69, 9.17) is 9.63 Å². The summed E-state index contributed by atoms with van der Waals surface area (Å²) in [5.74, 6) is -1.66. The SMILES string of the molecule is O=C(NC(CC(F)F)C(=O)O)c1noc2c1CCCCC2. The van der Waals surface area contributed by atoms with Crippen molar-refractivity contribution in [2.45, 2.75) is 51.0 Å². The van der Waals surface area contributed by atoms with Crippen LogP contribution in [0.1, 0.15) is 47.5 Å². The first-order valence-corrected chi connectivity index (χ1v) is 6.78. The van der Waals surface area contributed by atoms with Gasteiger partial charge >= 0.3 is 5.97 Å². The number of rotatable bonds is 5. The molecule has 1 amide bonds. The minimum atomic E-state index is -2.82. The van der Waals surface area contributed by atoms with Crippen molar-refractivity contribution < 1.29 is 28.0 Å². The Morgan fingerprint density at radius 1 is 1.29 bits per heavy atom. The molecule has 0 saturated heterocycles. The fourth-order valence-electron chi connectivity index (χ4n) is 2.37. The van der Waals surface area contributed by atoms with Crippen molar-refractivity contribution >= 4 is 11.9 Å². The van der Waals surface area contributed by atoms with Crippen LogP contribution < -0.4 is 5.32 Å². The van der Waals surface area contributed by atoms with Crippen LogP contribution in [0.4, 0.5) is 8.78 Å². The standard InChI is InChI=1S/C13H16F2N2O4/c14-10(15)6-8(13(19)20)16-12(18)11-7-4-2-1-3-5-9(7)21-17-11/h8,10H,1-6H2,(H,16,18)(H,19,20). The van der Waals surface area contributed by atoms with Crippen LogP contribution >= 0.6 is 0 Å². The lowest BCUT2D eigenvalue weighted by molar-refractivity contribution is -0.140. The number of carbonyl (C=O) groups excluding carboxylic acids is 1. The molecule has 0 aliphatic heterocycles. The number of aryl methyl sites for hydroxylation is 1. The van der Waals surface area contributed by atoms with E-state index in [2.05, 4.69) is 10.5 Å². The number of halogens is 2. The molecule has 1 heterocycles. The fourth-order valence-corrected chi connectivity index (χ4v) is 2.37. The molecule has 8 heteroatoms. The minimum Gasteiger partial charge on any atom is -0.480 e. The summed E-state index contributed by atoms with van der Waals surface area (Å²) in [6.07, 6.45) is 0.361. The summed E-state index contributed by atoms with van der Waals surface area (Å²) in [4.78, 5) is 22.9. The van der Waals surface area contributed by atoms with E-state index in [1.54, 1.807) is 0 Å². The van der Waals surface area contributed by atoms with Gasteiger partial charge in [0, 0.05) is 18.4 Å². The summed E-state index contributed by atoms with van der Waals surface area (Å²) >= 11 is 0. The number of carboxylic acid groups (broad SMARTS) is 1. The van der Waals surface area contributed by atoms with Crippen molar-refractivity contribution in [3.05, 3.63) is 17.0 Å². The lowest BCUT2D eigenvalue weighted by atomic mass is 10.1. The van der Waals surface area contributed by atoms with Crippen LogP contribution in [-0.4, -0.2) is 34.6 Å². The highest BCUT2D eigenvalue weighted by molar-refractivity contribution is 5.96. The highest BCUT2D eigenvalue weighted by atomic mass is 19.3. The van der Waals surface area contributed by atoms with Gasteiger partial charge < -0.3 is 14.9 Å². The van der Waals surface area contributed by atoms with Crippen LogP contribution in [0.5, 0.6) is 0 Å². The first-order valence-electron chi connectivity index (χ1n) is 6.78. The number of carbonyl (C=O) groups is 2. The van der Waals surface area contributed by atoms with Gasteiger partial charge in [0.2, 0.25) is 6.43 Å². The summed E-state index contributed by atoms with van der Waals surface area (Å²) in [6.45, 7) is 0. The van der Waals surface area contributed by atoms with Gasteiger partial charge in [-0.1, -0.05) is 11.6 Å². The topological polar surface area (TPSA) is 92.4 Å². The number of aliphatic carboxylic acids is 1. The van der Waals surface area contributed by atoms with Crippen molar-refractivity contribution in [1.29, 1.82) is 0 Å². The molecule has 2 rings (SSSR count). The first-order chi connectivity index (χ1) is 9.99. The maximum absolute atomic E-state index is 12.3. The van der Waals surface area contributed by atoms with Gasteiger partial charge in [-0.05, 0) is 19.3 Å². The quantitative estimate of drug-likeness (QED) is 0.809. The summed E-state index contributed by atoms with van der Waals surface area (Å²) in [6, 6.07) is -1.64. The molecule has 1 atom stereocenters. The highest BCUT2D eigenvalue weighted by Gasteiger charge is 2.28. The molecule has 1 aromatic rings. The van der Waals surface area contributed by atoms with Gasteiger partial charge in [-0.15, -0.1) is 0 Å². The van der Waals surface area contributed by atoms with Gasteiger partial charge in [0.05, 0.1) is 0 Å². The Balaban J connectivity index is 2.12. The average molecular weight is 302 g/mol. The van der Waals surface area contributed by atoms with Crippen LogP contribution in [0.15, 0.2) is 4.52 Å². The molecule has 116 valence electrons. The summed E-state index contributed by atoms with van der Waals surface area (Å²) < 4.78 is 29.7. The second-order valence-corrected chi connectivity index (χ2v) is 4.98. The largest absolute Gasteiger partial charge is 0.480 e. The third-order valence-corrected chi connectivity index (χ3v) is 3.43. The predicted molar refractivity (Wildman–Crippen MR) is 67.3 cm³/mol. The van der Waals surface area contributed by atoms with Crippen molar-refractivity contribution in [2.24, 2.45) is 0 Å². The average Bonchev–Trinajstić information content (AvgIpc) is 2.66.